The second-order valence-corrected chi connectivity index (χ2v) is 3.81. The lowest BCUT2D eigenvalue weighted by Gasteiger charge is -2.14. The van der Waals surface area contributed by atoms with Gasteiger partial charge in [0.05, 0.1) is 12.9 Å². The molecule has 1 aliphatic heterocycles. The fourth-order valence-corrected chi connectivity index (χ4v) is 1.77. The quantitative estimate of drug-likeness (QED) is 0.622. The second kappa shape index (κ2) is 4.84. The van der Waals surface area contributed by atoms with Crippen LogP contribution in [0.25, 0.3) is 0 Å². The third-order valence-corrected chi connectivity index (χ3v) is 2.69. The molecule has 4 N–H and O–H groups in total. The van der Waals surface area contributed by atoms with E-state index in [9.17, 15) is 14.3 Å². The SMILES string of the molecule is Nc1ccn(C2OC(CO)[C@@H](O)C2=CF)c(=O)n1. The molecule has 98 valence electrons. The molecule has 0 saturated carbocycles. The zero-order valence-electron chi connectivity index (χ0n) is 9.23. The van der Waals surface area contributed by atoms with Gasteiger partial charge in [-0.05, 0) is 6.07 Å². The first-order chi connectivity index (χ1) is 8.58. The van der Waals surface area contributed by atoms with E-state index in [0.29, 0.717) is 0 Å². The van der Waals surface area contributed by atoms with Crippen molar-refractivity contribution in [3.05, 3.63) is 34.7 Å². The summed E-state index contributed by atoms with van der Waals surface area (Å²) in [6.45, 7) is -0.494. The third-order valence-electron chi connectivity index (χ3n) is 2.69. The van der Waals surface area contributed by atoms with Crippen molar-refractivity contribution < 1.29 is 19.3 Å². The van der Waals surface area contributed by atoms with Gasteiger partial charge in [0.2, 0.25) is 0 Å². The van der Waals surface area contributed by atoms with Crippen molar-refractivity contribution in [2.45, 2.75) is 18.4 Å². The molecule has 1 saturated heterocycles. The summed E-state index contributed by atoms with van der Waals surface area (Å²) in [5, 5.41) is 18.6. The minimum Gasteiger partial charge on any atom is -0.394 e. The highest BCUT2D eigenvalue weighted by molar-refractivity contribution is 5.25. The lowest BCUT2D eigenvalue weighted by atomic mass is 10.1. The van der Waals surface area contributed by atoms with Crippen LogP contribution < -0.4 is 11.4 Å². The fraction of sp³-hybridized carbons (Fsp3) is 0.400. The molecule has 0 amide bonds. The smallest absolute Gasteiger partial charge is 0.351 e. The highest BCUT2D eigenvalue weighted by Gasteiger charge is 2.40. The predicted molar refractivity (Wildman–Crippen MR) is 59.1 cm³/mol. The highest BCUT2D eigenvalue weighted by atomic mass is 19.1. The number of ether oxygens (including phenoxy) is 1. The molecule has 0 aliphatic carbocycles. The van der Waals surface area contributed by atoms with E-state index >= 15 is 0 Å². The van der Waals surface area contributed by atoms with Crippen molar-refractivity contribution in [2.75, 3.05) is 12.3 Å². The summed E-state index contributed by atoms with van der Waals surface area (Å²) in [5.41, 5.74) is 4.45. The minimum atomic E-state index is -1.31. The molecule has 7 nitrogen and oxygen atoms in total. The summed E-state index contributed by atoms with van der Waals surface area (Å²) in [4.78, 5) is 15.1. The molecule has 1 aromatic heterocycles. The Balaban J connectivity index is 2.41. The van der Waals surface area contributed by atoms with E-state index in [4.69, 9.17) is 15.6 Å². The van der Waals surface area contributed by atoms with Crippen LogP contribution in [0, 0.1) is 0 Å². The molecule has 0 bridgehead atoms. The van der Waals surface area contributed by atoms with Crippen LogP contribution in [0.15, 0.2) is 29.0 Å². The molecule has 2 unspecified atom stereocenters. The van der Waals surface area contributed by atoms with Crippen molar-refractivity contribution in [3.8, 4) is 0 Å². The first-order valence-corrected chi connectivity index (χ1v) is 5.17. The summed E-state index contributed by atoms with van der Waals surface area (Å²) in [6, 6.07) is 1.35. The van der Waals surface area contributed by atoms with E-state index in [1.54, 1.807) is 0 Å². The van der Waals surface area contributed by atoms with Crippen LogP contribution in [0.1, 0.15) is 6.23 Å². The number of aromatic nitrogens is 2. The average Bonchev–Trinajstić information content (AvgIpc) is 2.65. The van der Waals surface area contributed by atoms with Crippen LogP contribution in [0.5, 0.6) is 0 Å². The number of anilines is 1. The number of hydrogen-bond donors (Lipinski definition) is 3. The first-order valence-electron chi connectivity index (χ1n) is 5.17. The minimum absolute atomic E-state index is 0.0271. The summed E-state index contributed by atoms with van der Waals surface area (Å²) >= 11 is 0. The molecule has 3 atom stereocenters. The van der Waals surface area contributed by atoms with Crippen LogP contribution >= 0.6 is 0 Å². The number of nitrogens with two attached hydrogens (primary N) is 1. The summed E-state index contributed by atoms with van der Waals surface area (Å²) in [6.07, 6.45) is -1.99. The van der Waals surface area contributed by atoms with E-state index in [1.165, 1.54) is 12.3 Å². The average molecular weight is 257 g/mol. The monoisotopic (exact) mass is 257 g/mol. The van der Waals surface area contributed by atoms with Crippen molar-refractivity contribution in [1.29, 1.82) is 0 Å². The third kappa shape index (κ3) is 2.01. The molecule has 1 aromatic rings. The van der Waals surface area contributed by atoms with E-state index < -0.39 is 30.7 Å². The van der Waals surface area contributed by atoms with Gasteiger partial charge >= 0.3 is 5.69 Å². The normalized spacial score (nSPS) is 29.9. The number of rotatable bonds is 2. The van der Waals surface area contributed by atoms with Gasteiger partial charge in [-0.25, -0.2) is 9.18 Å². The highest BCUT2D eigenvalue weighted by Crippen LogP contribution is 2.33. The maximum atomic E-state index is 12.8. The molecule has 2 heterocycles. The first kappa shape index (κ1) is 12.7. The van der Waals surface area contributed by atoms with Gasteiger partial charge in [-0.15, -0.1) is 0 Å². The molecule has 8 heteroatoms. The number of halogens is 1. The van der Waals surface area contributed by atoms with Crippen LogP contribution in [0.2, 0.25) is 0 Å². The Kier molecular flexibility index (Phi) is 3.41. The van der Waals surface area contributed by atoms with Gasteiger partial charge in [0, 0.05) is 11.8 Å². The van der Waals surface area contributed by atoms with E-state index in [0.717, 1.165) is 4.57 Å². The van der Waals surface area contributed by atoms with E-state index in [2.05, 4.69) is 4.98 Å². The molecule has 0 radical (unpaired) electrons. The molecule has 2 rings (SSSR count). The van der Waals surface area contributed by atoms with Crippen molar-refractivity contribution in [2.24, 2.45) is 0 Å². The number of aliphatic hydroxyl groups is 2. The van der Waals surface area contributed by atoms with Crippen molar-refractivity contribution in [3.63, 3.8) is 0 Å². The molecular weight excluding hydrogens is 245 g/mol. The van der Waals surface area contributed by atoms with E-state index in [1.807, 2.05) is 0 Å². The molecular formula is C10H12FN3O4. The van der Waals surface area contributed by atoms with Gasteiger partial charge in [0.25, 0.3) is 0 Å². The number of aliphatic hydroxyl groups excluding tert-OH is 2. The lowest BCUT2D eigenvalue weighted by molar-refractivity contribution is -0.0447. The summed E-state index contributed by atoms with van der Waals surface area (Å²) < 4.78 is 19.0. The van der Waals surface area contributed by atoms with Gasteiger partial charge in [0.1, 0.15) is 18.0 Å². The van der Waals surface area contributed by atoms with Gasteiger partial charge in [0.15, 0.2) is 6.23 Å². The Morgan fingerprint density at radius 1 is 1.67 bits per heavy atom. The maximum Gasteiger partial charge on any atom is 0.351 e. The number of nitrogens with zero attached hydrogens (tertiary/aromatic N) is 2. The van der Waals surface area contributed by atoms with Crippen LogP contribution in [-0.2, 0) is 4.74 Å². The zero-order valence-corrected chi connectivity index (χ0v) is 9.23. The van der Waals surface area contributed by atoms with Crippen LogP contribution in [-0.4, -0.2) is 38.6 Å². The zero-order chi connectivity index (χ0) is 13.3. The Morgan fingerprint density at radius 2 is 2.39 bits per heavy atom. The summed E-state index contributed by atoms with van der Waals surface area (Å²) in [5.74, 6) is 0.0271. The second-order valence-electron chi connectivity index (χ2n) is 3.81. The molecule has 0 aromatic carbocycles. The Hall–Kier alpha value is -1.77. The van der Waals surface area contributed by atoms with Crippen LogP contribution in [0.4, 0.5) is 10.2 Å². The Labute approximate surface area is 101 Å². The lowest BCUT2D eigenvalue weighted by Crippen LogP contribution is -2.28. The Bertz CT molecular complexity index is 530. The molecule has 1 aliphatic rings. The van der Waals surface area contributed by atoms with Gasteiger partial charge in [-0.3, -0.25) is 4.57 Å². The standard InChI is InChI=1S/C10H12FN3O4/c11-3-5-8(16)6(4-15)18-9(5)14-2-1-7(12)13-10(14)17/h1-3,6,8-9,15-16H,4H2,(H2,12,13,17)/t6?,8-,9?/m0/s1. The number of hydrogen-bond acceptors (Lipinski definition) is 6. The van der Waals surface area contributed by atoms with Crippen molar-refractivity contribution >= 4 is 5.82 Å². The number of nitrogen functional groups attached to an aromatic ring is 1. The topological polar surface area (TPSA) is 111 Å². The van der Waals surface area contributed by atoms with Gasteiger partial charge in [-0.1, -0.05) is 0 Å². The fourth-order valence-electron chi connectivity index (χ4n) is 1.77. The molecule has 0 spiro atoms. The van der Waals surface area contributed by atoms with Gasteiger partial charge < -0.3 is 20.7 Å². The maximum absolute atomic E-state index is 12.8. The van der Waals surface area contributed by atoms with Gasteiger partial charge in [-0.2, -0.15) is 4.98 Å². The molecule has 1 fully saturated rings. The summed E-state index contributed by atoms with van der Waals surface area (Å²) in [7, 11) is 0. The molecule has 18 heavy (non-hydrogen) atoms. The largest absolute Gasteiger partial charge is 0.394 e. The predicted octanol–water partition coefficient (Wildman–Crippen LogP) is -1.07. The van der Waals surface area contributed by atoms with E-state index in [-0.39, 0.29) is 17.7 Å². The Morgan fingerprint density at radius 3 is 2.94 bits per heavy atom. The van der Waals surface area contributed by atoms with Crippen molar-refractivity contribution in [1.82, 2.24) is 9.55 Å². The van der Waals surface area contributed by atoms with Crippen LogP contribution in [0.3, 0.4) is 0 Å².